The number of carbonyl (C=O) groups is 2. The second kappa shape index (κ2) is 6.51. The Morgan fingerprint density at radius 3 is 2.90 bits per heavy atom. The summed E-state index contributed by atoms with van der Waals surface area (Å²) in [6, 6.07) is 6.37. The minimum Gasteiger partial charge on any atom is -0.478 e. The van der Waals surface area contributed by atoms with Crippen LogP contribution < -0.4 is 5.32 Å². The lowest BCUT2D eigenvalue weighted by Gasteiger charge is -2.13. The highest BCUT2D eigenvalue weighted by Crippen LogP contribution is 2.07. The van der Waals surface area contributed by atoms with E-state index in [4.69, 9.17) is 5.11 Å². The number of carbonyl (C=O) groups excluding carboxylic acids is 1. The smallest absolute Gasteiger partial charge is 0.335 e. The molecule has 2 N–H and O–H groups in total. The second-order valence-corrected chi connectivity index (χ2v) is 4.46. The zero-order valence-corrected chi connectivity index (χ0v) is 11.4. The highest BCUT2D eigenvalue weighted by Gasteiger charge is 2.05. The maximum absolute atomic E-state index is 11.8. The number of aromatic carboxylic acids is 1. The Morgan fingerprint density at radius 1 is 1.43 bits per heavy atom. The highest BCUT2D eigenvalue weighted by atomic mass is 16.4. The van der Waals surface area contributed by atoms with Gasteiger partial charge < -0.3 is 15.0 Å². The molecule has 1 aromatic carbocycles. The molecule has 0 fully saturated rings. The Morgan fingerprint density at radius 2 is 2.24 bits per heavy atom. The van der Waals surface area contributed by atoms with Crippen molar-refractivity contribution in [1.82, 2.24) is 14.9 Å². The molecule has 1 heterocycles. The van der Waals surface area contributed by atoms with Crippen LogP contribution in [-0.2, 0) is 4.79 Å². The van der Waals surface area contributed by atoms with Crippen molar-refractivity contribution >= 4 is 18.0 Å². The summed E-state index contributed by atoms with van der Waals surface area (Å²) in [5.41, 5.74) is 0.838. The van der Waals surface area contributed by atoms with Crippen LogP contribution in [0.25, 0.3) is 6.08 Å². The molecular formula is C15H15N3O3. The van der Waals surface area contributed by atoms with Gasteiger partial charge in [0.1, 0.15) is 6.17 Å². The molecule has 1 aromatic heterocycles. The second-order valence-electron chi connectivity index (χ2n) is 4.46. The van der Waals surface area contributed by atoms with Crippen LogP contribution in [0.15, 0.2) is 49.1 Å². The number of imidazole rings is 1. The summed E-state index contributed by atoms with van der Waals surface area (Å²) in [7, 11) is 0. The molecule has 0 saturated heterocycles. The first-order valence-corrected chi connectivity index (χ1v) is 6.35. The van der Waals surface area contributed by atoms with Gasteiger partial charge in [-0.3, -0.25) is 4.79 Å². The first kappa shape index (κ1) is 14.5. The van der Waals surface area contributed by atoms with Gasteiger partial charge in [-0.1, -0.05) is 12.1 Å². The lowest BCUT2D eigenvalue weighted by atomic mass is 10.1. The fourth-order valence-electron chi connectivity index (χ4n) is 1.77. The van der Waals surface area contributed by atoms with Crippen molar-refractivity contribution in [3.05, 3.63) is 60.2 Å². The molecule has 1 amide bonds. The summed E-state index contributed by atoms with van der Waals surface area (Å²) in [4.78, 5) is 26.6. The van der Waals surface area contributed by atoms with Gasteiger partial charge in [-0.2, -0.15) is 0 Å². The van der Waals surface area contributed by atoms with Crippen LogP contribution in [-0.4, -0.2) is 26.5 Å². The molecule has 6 heteroatoms. The molecule has 21 heavy (non-hydrogen) atoms. The molecule has 1 unspecified atom stereocenters. The number of carboxylic acids is 1. The molecule has 0 aliphatic carbocycles. The normalized spacial score (nSPS) is 12.2. The Balaban J connectivity index is 1.99. The Kier molecular flexibility index (Phi) is 4.50. The molecule has 0 bridgehead atoms. The van der Waals surface area contributed by atoms with Gasteiger partial charge in [0, 0.05) is 18.5 Å². The van der Waals surface area contributed by atoms with Crippen LogP contribution >= 0.6 is 0 Å². The van der Waals surface area contributed by atoms with Gasteiger partial charge in [-0.05, 0) is 30.7 Å². The average Bonchev–Trinajstić information content (AvgIpc) is 2.99. The molecule has 108 valence electrons. The summed E-state index contributed by atoms with van der Waals surface area (Å²) in [6.45, 7) is 1.83. The summed E-state index contributed by atoms with van der Waals surface area (Å²) < 4.78 is 1.76. The van der Waals surface area contributed by atoms with Crippen molar-refractivity contribution in [2.45, 2.75) is 13.1 Å². The van der Waals surface area contributed by atoms with Crippen LogP contribution in [0.4, 0.5) is 0 Å². The van der Waals surface area contributed by atoms with E-state index < -0.39 is 5.97 Å². The Labute approximate surface area is 121 Å². The maximum atomic E-state index is 11.8. The van der Waals surface area contributed by atoms with Crippen LogP contribution in [0.2, 0.25) is 0 Å². The third-order valence-corrected chi connectivity index (χ3v) is 2.88. The molecule has 2 aromatic rings. The predicted molar refractivity (Wildman–Crippen MR) is 77.5 cm³/mol. The summed E-state index contributed by atoms with van der Waals surface area (Å²) in [5.74, 6) is -1.26. The van der Waals surface area contributed by atoms with E-state index in [1.165, 1.54) is 18.2 Å². The van der Waals surface area contributed by atoms with E-state index in [1.54, 1.807) is 41.5 Å². The molecule has 6 nitrogen and oxygen atoms in total. The molecule has 2 rings (SSSR count). The number of benzene rings is 1. The van der Waals surface area contributed by atoms with Crippen molar-refractivity contribution in [1.29, 1.82) is 0 Å². The molecule has 1 atom stereocenters. The van der Waals surface area contributed by atoms with Crippen molar-refractivity contribution < 1.29 is 14.7 Å². The van der Waals surface area contributed by atoms with Gasteiger partial charge >= 0.3 is 5.97 Å². The minimum absolute atomic E-state index is 0.185. The van der Waals surface area contributed by atoms with Crippen LogP contribution in [0.3, 0.4) is 0 Å². The largest absolute Gasteiger partial charge is 0.478 e. The Hall–Kier alpha value is -2.89. The minimum atomic E-state index is -0.997. The molecular weight excluding hydrogens is 270 g/mol. The fraction of sp³-hybridized carbons (Fsp3) is 0.133. The lowest BCUT2D eigenvalue weighted by molar-refractivity contribution is -0.117. The van der Waals surface area contributed by atoms with Gasteiger partial charge in [-0.15, -0.1) is 0 Å². The monoisotopic (exact) mass is 285 g/mol. The maximum Gasteiger partial charge on any atom is 0.335 e. The van der Waals surface area contributed by atoms with Crippen molar-refractivity contribution in [3.63, 3.8) is 0 Å². The van der Waals surface area contributed by atoms with Crippen LogP contribution in [0.5, 0.6) is 0 Å². The van der Waals surface area contributed by atoms with E-state index in [1.807, 2.05) is 6.92 Å². The van der Waals surface area contributed by atoms with Gasteiger partial charge in [0.05, 0.1) is 11.9 Å². The predicted octanol–water partition coefficient (Wildman–Crippen LogP) is 1.93. The number of amides is 1. The van der Waals surface area contributed by atoms with Gasteiger partial charge in [0.25, 0.3) is 0 Å². The van der Waals surface area contributed by atoms with Crippen LogP contribution in [0.1, 0.15) is 29.0 Å². The van der Waals surface area contributed by atoms with E-state index in [2.05, 4.69) is 10.3 Å². The molecule has 0 spiro atoms. The highest BCUT2D eigenvalue weighted by molar-refractivity contribution is 5.92. The first-order valence-electron chi connectivity index (χ1n) is 6.35. The Bertz CT molecular complexity index is 663. The molecule has 0 aliphatic heterocycles. The van der Waals surface area contributed by atoms with E-state index in [9.17, 15) is 9.59 Å². The number of nitrogens with zero attached hydrogens (tertiary/aromatic N) is 2. The summed E-state index contributed by atoms with van der Waals surface area (Å²) >= 11 is 0. The third kappa shape index (κ3) is 4.04. The van der Waals surface area contributed by atoms with E-state index in [0.29, 0.717) is 5.56 Å². The number of hydrogen-bond acceptors (Lipinski definition) is 3. The third-order valence-electron chi connectivity index (χ3n) is 2.88. The zero-order chi connectivity index (χ0) is 15.2. The summed E-state index contributed by atoms with van der Waals surface area (Å²) in [5, 5.41) is 11.7. The van der Waals surface area contributed by atoms with Gasteiger partial charge in [0.2, 0.25) is 5.91 Å². The zero-order valence-electron chi connectivity index (χ0n) is 11.4. The molecule has 0 aliphatic rings. The average molecular weight is 285 g/mol. The van der Waals surface area contributed by atoms with Gasteiger partial charge in [0.15, 0.2) is 0 Å². The SMILES string of the molecule is CC(NC(=O)C=Cc1cccc(C(=O)O)c1)n1ccnc1. The van der Waals surface area contributed by atoms with E-state index in [-0.39, 0.29) is 17.6 Å². The fourth-order valence-corrected chi connectivity index (χ4v) is 1.77. The number of nitrogens with one attached hydrogen (secondary N) is 1. The van der Waals surface area contributed by atoms with Crippen molar-refractivity contribution in [2.24, 2.45) is 0 Å². The standard InChI is InChI=1S/C15H15N3O3/c1-11(18-8-7-16-10-18)17-14(19)6-5-12-3-2-4-13(9-12)15(20)21/h2-11H,1H3,(H,17,19)(H,20,21). The first-order chi connectivity index (χ1) is 10.1. The van der Waals surface area contributed by atoms with E-state index in [0.717, 1.165) is 0 Å². The number of hydrogen-bond donors (Lipinski definition) is 2. The van der Waals surface area contributed by atoms with Crippen molar-refractivity contribution in [2.75, 3.05) is 0 Å². The number of aromatic nitrogens is 2. The van der Waals surface area contributed by atoms with Crippen LogP contribution in [0, 0.1) is 0 Å². The lowest BCUT2D eigenvalue weighted by Crippen LogP contribution is -2.28. The number of rotatable bonds is 5. The van der Waals surface area contributed by atoms with E-state index >= 15 is 0 Å². The quantitative estimate of drug-likeness (QED) is 0.822. The molecule has 0 saturated carbocycles. The molecule has 0 radical (unpaired) electrons. The summed E-state index contributed by atoms with van der Waals surface area (Å²) in [6.07, 6.45) is 7.73. The number of carboxylic acid groups (broad SMARTS) is 1. The van der Waals surface area contributed by atoms with Crippen molar-refractivity contribution in [3.8, 4) is 0 Å². The topological polar surface area (TPSA) is 84.2 Å². The van der Waals surface area contributed by atoms with Gasteiger partial charge in [-0.25, -0.2) is 9.78 Å².